The number of benzene rings is 1. The molecule has 1 aromatic carbocycles. The molecule has 0 aliphatic carbocycles. The number of hydrogen-bond acceptors (Lipinski definition) is 6. The van der Waals surface area contributed by atoms with Crippen LogP contribution in [0.3, 0.4) is 0 Å². The number of thioether (sulfide) groups is 1. The second-order valence-corrected chi connectivity index (χ2v) is 8.11. The molecule has 3 heterocycles. The minimum absolute atomic E-state index is 0.0605. The highest BCUT2D eigenvalue weighted by molar-refractivity contribution is 7.99. The molecule has 1 atom stereocenters. The van der Waals surface area contributed by atoms with E-state index in [0.717, 1.165) is 41.1 Å². The van der Waals surface area contributed by atoms with Crippen molar-refractivity contribution in [1.82, 2.24) is 14.5 Å². The zero-order valence-electron chi connectivity index (χ0n) is 16.1. The Hall–Kier alpha value is -2.48. The van der Waals surface area contributed by atoms with Crippen LogP contribution in [0.25, 0.3) is 0 Å². The van der Waals surface area contributed by atoms with Crippen molar-refractivity contribution in [2.24, 2.45) is 0 Å². The second-order valence-electron chi connectivity index (χ2n) is 7.12. The lowest BCUT2D eigenvalue weighted by atomic mass is 10.1. The third kappa shape index (κ3) is 3.73. The summed E-state index contributed by atoms with van der Waals surface area (Å²) >= 11 is 1.56. The van der Waals surface area contributed by atoms with E-state index in [2.05, 4.69) is 9.88 Å². The Labute approximate surface area is 168 Å². The van der Waals surface area contributed by atoms with Crippen LogP contribution in [0.5, 0.6) is 5.75 Å². The van der Waals surface area contributed by atoms with Gasteiger partial charge in [0.25, 0.3) is 5.56 Å². The largest absolute Gasteiger partial charge is 0.497 e. The molecule has 2 aliphatic heterocycles. The lowest BCUT2D eigenvalue weighted by Gasteiger charge is -2.36. The van der Waals surface area contributed by atoms with Crippen LogP contribution in [0.1, 0.15) is 18.2 Å². The van der Waals surface area contributed by atoms with Gasteiger partial charge in [-0.25, -0.2) is 4.98 Å². The van der Waals surface area contributed by atoms with Gasteiger partial charge in [-0.1, -0.05) is 11.8 Å². The molecule has 1 saturated heterocycles. The molecule has 0 spiro atoms. The SMILES string of the molecule is COc1ccc(N2CCN(C(=O)CC3CSc4nc(C)cc(=O)n43)CC2)cc1. The summed E-state index contributed by atoms with van der Waals surface area (Å²) in [7, 11) is 1.66. The Morgan fingerprint density at radius 2 is 1.93 bits per heavy atom. The van der Waals surface area contributed by atoms with Crippen LogP contribution in [0, 0.1) is 6.92 Å². The maximum atomic E-state index is 12.8. The van der Waals surface area contributed by atoms with Crippen molar-refractivity contribution in [3.63, 3.8) is 0 Å². The molecule has 0 N–H and O–H groups in total. The molecule has 0 bridgehead atoms. The highest BCUT2D eigenvalue weighted by Gasteiger charge is 2.30. The van der Waals surface area contributed by atoms with Gasteiger partial charge in [-0.3, -0.25) is 14.2 Å². The molecule has 1 aromatic heterocycles. The third-order valence-electron chi connectivity index (χ3n) is 5.30. The summed E-state index contributed by atoms with van der Waals surface area (Å²) in [6.07, 6.45) is 0.354. The minimum Gasteiger partial charge on any atom is -0.497 e. The fraction of sp³-hybridized carbons (Fsp3) is 0.450. The van der Waals surface area contributed by atoms with Gasteiger partial charge in [-0.15, -0.1) is 0 Å². The predicted molar refractivity (Wildman–Crippen MR) is 109 cm³/mol. The van der Waals surface area contributed by atoms with Gasteiger partial charge < -0.3 is 14.5 Å². The summed E-state index contributed by atoms with van der Waals surface area (Å²) in [5.41, 5.74) is 1.81. The van der Waals surface area contributed by atoms with Crippen molar-refractivity contribution < 1.29 is 9.53 Å². The maximum Gasteiger partial charge on any atom is 0.254 e. The number of methoxy groups -OCH3 is 1. The molecule has 0 radical (unpaired) electrons. The van der Waals surface area contributed by atoms with Gasteiger partial charge in [0.15, 0.2) is 5.16 Å². The van der Waals surface area contributed by atoms with Crippen molar-refractivity contribution >= 4 is 23.4 Å². The number of rotatable bonds is 4. The number of carbonyl (C=O) groups is 1. The Morgan fingerprint density at radius 1 is 1.21 bits per heavy atom. The molecule has 28 heavy (non-hydrogen) atoms. The number of hydrogen-bond donors (Lipinski definition) is 0. The van der Waals surface area contributed by atoms with Crippen molar-refractivity contribution in [3.05, 3.63) is 46.4 Å². The molecular weight excluding hydrogens is 376 g/mol. The summed E-state index contributed by atoms with van der Waals surface area (Å²) in [6.45, 7) is 4.81. The molecule has 4 rings (SSSR count). The van der Waals surface area contributed by atoms with Gasteiger partial charge in [0.05, 0.1) is 13.2 Å². The van der Waals surface area contributed by atoms with Crippen LogP contribution in [-0.2, 0) is 4.79 Å². The fourth-order valence-electron chi connectivity index (χ4n) is 3.75. The summed E-state index contributed by atoms with van der Waals surface area (Å²) in [5.74, 6) is 1.68. The number of fused-ring (bicyclic) bond motifs is 1. The quantitative estimate of drug-likeness (QED) is 0.731. The monoisotopic (exact) mass is 400 g/mol. The van der Waals surface area contributed by atoms with E-state index in [1.807, 2.05) is 36.1 Å². The molecule has 1 fully saturated rings. The van der Waals surface area contributed by atoms with E-state index in [-0.39, 0.29) is 17.5 Å². The third-order valence-corrected chi connectivity index (χ3v) is 6.40. The van der Waals surface area contributed by atoms with E-state index in [9.17, 15) is 9.59 Å². The Bertz CT molecular complexity index is 920. The first-order valence-corrected chi connectivity index (χ1v) is 10.4. The van der Waals surface area contributed by atoms with E-state index in [0.29, 0.717) is 19.5 Å². The average molecular weight is 401 g/mol. The number of carbonyl (C=O) groups excluding carboxylic acids is 1. The lowest BCUT2D eigenvalue weighted by molar-refractivity contribution is -0.132. The normalized spacial score (nSPS) is 18.9. The van der Waals surface area contributed by atoms with Crippen molar-refractivity contribution in [1.29, 1.82) is 0 Å². The average Bonchev–Trinajstić information content (AvgIpc) is 3.11. The molecule has 7 nitrogen and oxygen atoms in total. The number of aromatic nitrogens is 2. The first-order valence-electron chi connectivity index (χ1n) is 9.45. The summed E-state index contributed by atoms with van der Waals surface area (Å²) in [5, 5.41) is 0.729. The molecule has 2 aromatic rings. The Kier molecular flexibility index (Phi) is 5.30. The van der Waals surface area contributed by atoms with Gasteiger partial charge in [0.1, 0.15) is 5.75 Å². The van der Waals surface area contributed by atoms with Gasteiger partial charge >= 0.3 is 0 Å². The molecule has 148 valence electrons. The van der Waals surface area contributed by atoms with Crippen molar-refractivity contribution in [2.45, 2.75) is 24.5 Å². The van der Waals surface area contributed by atoms with E-state index in [4.69, 9.17) is 4.74 Å². The molecule has 2 aliphatic rings. The first-order chi connectivity index (χ1) is 13.5. The first kappa shape index (κ1) is 18.9. The van der Waals surface area contributed by atoms with Crippen LogP contribution in [0.4, 0.5) is 5.69 Å². The van der Waals surface area contributed by atoms with Crippen molar-refractivity contribution in [3.8, 4) is 5.75 Å². The number of anilines is 1. The van der Waals surface area contributed by atoms with E-state index >= 15 is 0 Å². The van der Waals surface area contributed by atoms with Gasteiger partial charge in [-0.2, -0.15) is 0 Å². The van der Waals surface area contributed by atoms with Crippen LogP contribution < -0.4 is 15.2 Å². The van der Waals surface area contributed by atoms with Gasteiger partial charge in [0.2, 0.25) is 5.91 Å². The summed E-state index contributed by atoms with van der Waals surface area (Å²) in [4.78, 5) is 33.7. The highest BCUT2D eigenvalue weighted by Crippen LogP contribution is 2.32. The number of nitrogens with zero attached hydrogens (tertiary/aromatic N) is 4. The van der Waals surface area contributed by atoms with Crippen LogP contribution >= 0.6 is 11.8 Å². The van der Waals surface area contributed by atoms with Gasteiger partial charge in [0, 0.05) is 55.8 Å². The second kappa shape index (κ2) is 7.87. The smallest absolute Gasteiger partial charge is 0.254 e. The lowest BCUT2D eigenvalue weighted by Crippen LogP contribution is -2.49. The van der Waals surface area contributed by atoms with Crippen LogP contribution in [0.15, 0.2) is 40.3 Å². The highest BCUT2D eigenvalue weighted by atomic mass is 32.2. The number of ether oxygens (including phenoxy) is 1. The van der Waals surface area contributed by atoms with Crippen LogP contribution in [0.2, 0.25) is 0 Å². The zero-order chi connectivity index (χ0) is 19.7. The number of amides is 1. The summed E-state index contributed by atoms with van der Waals surface area (Å²) in [6, 6.07) is 9.44. The standard InChI is InChI=1S/C20H24N4O3S/c1-14-11-19(26)24-16(13-28-20(24)21-14)12-18(25)23-9-7-22(8-10-23)15-3-5-17(27-2)6-4-15/h3-6,11,16H,7-10,12-13H2,1-2H3. The Morgan fingerprint density at radius 3 is 2.61 bits per heavy atom. The molecular formula is C20H24N4O3S. The maximum absolute atomic E-state index is 12.8. The van der Waals surface area contributed by atoms with E-state index in [1.165, 1.54) is 0 Å². The van der Waals surface area contributed by atoms with Crippen molar-refractivity contribution in [2.75, 3.05) is 43.9 Å². The molecule has 1 amide bonds. The van der Waals surface area contributed by atoms with E-state index in [1.54, 1.807) is 29.5 Å². The van der Waals surface area contributed by atoms with E-state index < -0.39 is 0 Å². The Balaban J connectivity index is 1.36. The van der Waals surface area contributed by atoms with Gasteiger partial charge in [-0.05, 0) is 31.2 Å². The number of aryl methyl sites for hydroxylation is 1. The topological polar surface area (TPSA) is 67.7 Å². The summed E-state index contributed by atoms with van der Waals surface area (Å²) < 4.78 is 6.89. The zero-order valence-corrected chi connectivity index (χ0v) is 16.9. The molecule has 0 saturated carbocycles. The molecule has 8 heteroatoms. The predicted octanol–water partition coefficient (Wildman–Crippen LogP) is 1.95. The fourth-order valence-corrected chi connectivity index (χ4v) is 4.95. The number of piperazine rings is 1. The molecule has 1 unspecified atom stereocenters. The van der Waals surface area contributed by atoms with Crippen LogP contribution in [-0.4, -0.2) is 59.4 Å². The minimum atomic E-state index is -0.104.